The number of carbonyl (C=O) groups excluding carboxylic acids is 1. The van der Waals surface area contributed by atoms with Crippen LogP contribution in [0.2, 0.25) is 0 Å². The maximum Gasteiger partial charge on any atom is 0.426 e. The summed E-state index contributed by atoms with van der Waals surface area (Å²) in [7, 11) is 0. The molecular weight excluding hydrogens is 427 g/mol. The van der Waals surface area contributed by atoms with Gasteiger partial charge in [-0.1, -0.05) is 61.9 Å². The summed E-state index contributed by atoms with van der Waals surface area (Å²) >= 11 is 5.26. The van der Waals surface area contributed by atoms with Gasteiger partial charge in [0.25, 0.3) is 0 Å². The third-order valence-corrected chi connectivity index (χ3v) is 5.73. The molecule has 2 aromatic carbocycles. The van der Waals surface area contributed by atoms with Crippen LogP contribution < -0.4 is 0 Å². The summed E-state index contributed by atoms with van der Waals surface area (Å²) in [5.41, 5.74) is -0.570. The number of carbonyl (C=O) groups is 1. The number of benzene rings is 2. The van der Waals surface area contributed by atoms with Crippen molar-refractivity contribution in [2.75, 3.05) is 0 Å². The fourth-order valence-electron chi connectivity index (χ4n) is 3.49. The second-order valence-electron chi connectivity index (χ2n) is 7.70. The number of rotatable bonds is 5. The van der Waals surface area contributed by atoms with E-state index in [4.69, 9.17) is 16.3 Å². The Balaban J connectivity index is 1.76. The lowest BCUT2D eigenvalue weighted by atomic mass is 10.0. The van der Waals surface area contributed by atoms with E-state index in [0.29, 0.717) is 5.56 Å². The molecule has 160 valence electrons. The summed E-state index contributed by atoms with van der Waals surface area (Å²) in [6.07, 6.45) is -3.93. The Hall–Kier alpha value is -2.41. The normalized spacial score (nSPS) is 20.7. The molecule has 2 aromatic rings. The molecule has 1 aliphatic carbocycles. The van der Waals surface area contributed by atoms with Gasteiger partial charge < -0.3 is 4.74 Å². The Kier molecular flexibility index (Phi) is 5.96. The average Bonchev–Trinajstić information content (AvgIpc) is 3.21. The first-order valence-corrected chi connectivity index (χ1v) is 9.46. The van der Waals surface area contributed by atoms with Gasteiger partial charge in [0.15, 0.2) is 0 Å². The second-order valence-corrected chi connectivity index (χ2v) is 8.11. The summed E-state index contributed by atoms with van der Waals surface area (Å²) < 4.78 is 72.0. The molecule has 0 aromatic heterocycles. The van der Waals surface area contributed by atoms with Gasteiger partial charge in [-0.05, 0) is 29.0 Å². The summed E-state index contributed by atoms with van der Waals surface area (Å²) in [4.78, 5) is 12.4. The number of alkyl halides is 3. The molecule has 0 spiro atoms. The van der Waals surface area contributed by atoms with Gasteiger partial charge in [-0.15, -0.1) is 0 Å². The first-order valence-electron chi connectivity index (χ1n) is 9.08. The van der Waals surface area contributed by atoms with Crippen molar-refractivity contribution in [1.29, 1.82) is 0 Å². The van der Waals surface area contributed by atoms with Crippen molar-refractivity contribution in [2.24, 2.45) is 17.3 Å². The van der Waals surface area contributed by atoms with Crippen LogP contribution >= 0.6 is 11.6 Å². The first-order chi connectivity index (χ1) is 13.9. The fourth-order valence-corrected chi connectivity index (χ4v) is 3.63. The standard InChI is InChI=1S/C22H18ClF5O2/c1-21(2)15(10-17(23)22(26,27)28)18(21)20(29)30-11-14-16(24)9-8-13(19(14)25)12-6-4-3-5-7-12/h3-10,15,18H,11H2,1-2H3. The number of hydrogen-bond donors (Lipinski definition) is 0. The fraction of sp³-hybridized carbons (Fsp3) is 0.318. The Morgan fingerprint density at radius 2 is 1.77 bits per heavy atom. The third-order valence-electron chi connectivity index (χ3n) is 5.39. The Morgan fingerprint density at radius 1 is 1.13 bits per heavy atom. The molecule has 30 heavy (non-hydrogen) atoms. The smallest absolute Gasteiger partial charge is 0.426 e. The third kappa shape index (κ3) is 4.36. The lowest BCUT2D eigenvalue weighted by Crippen LogP contribution is -2.12. The van der Waals surface area contributed by atoms with Crippen LogP contribution in [0.15, 0.2) is 53.6 Å². The highest BCUT2D eigenvalue weighted by Crippen LogP contribution is 2.60. The van der Waals surface area contributed by atoms with Crippen molar-refractivity contribution < 1.29 is 31.5 Å². The van der Waals surface area contributed by atoms with Crippen molar-refractivity contribution >= 4 is 17.6 Å². The van der Waals surface area contributed by atoms with Gasteiger partial charge in [0.05, 0.1) is 11.5 Å². The van der Waals surface area contributed by atoms with Crippen LogP contribution in [0, 0.1) is 28.9 Å². The van der Waals surface area contributed by atoms with Crippen LogP contribution in [0.3, 0.4) is 0 Å². The van der Waals surface area contributed by atoms with E-state index in [0.717, 1.165) is 12.1 Å². The average molecular weight is 445 g/mol. The lowest BCUT2D eigenvalue weighted by Gasteiger charge is -2.11. The van der Waals surface area contributed by atoms with E-state index in [9.17, 15) is 26.7 Å². The predicted octanol–water partition coefficient (Wildman–Crippen LogP) is 6.63. The minimum absolute atomic E-state index is 0.146. The molecule has 1 saturated carbocycles. The number of esters is 1. The van der Waals surface area contributed by atoms with Crippen LogP contribution in [0.25, 0.3) is 11.1 Å². The van der Waals surface area contributed by atoms with Gasteiger partial charge in [-0.2, -0.15) is 13.2 Å². The second kappa shape index (κ2) is 8.02. The molecule has 0 N–H and O–H groups in total. The van der Waals surface area contributed by atoms with Crippen molar-refractivity contribution in [3.63, 3.8) is 0 Å². The molecule has 2 nitrogen and oxygen atoms in total. The molecule has 3 rings (SSSR count). The molecule has 0 radical (unpaired) electrons. The maximum absolute atomic E-state index is 14.8. The van der Waals surface area contributed by atoms with E-state index in [1.807, 2.05) is 0 Å². The molecule has 0 saturated heterocycles. The molecule has 8 heteroatoms. The zero-order chi connectivity index (χ0) is 22.3. The van der Waals surface area contributed by atoms with Gasteiger partial charge in [-0.25, -0.2) is 8.78 Å². The topological polar surface area (TPSA) is 26.3 Å². The van der Waals surface area contributed by atoms with Gasteiger partial charge in [-0.3, -0.25) is 4.79 Å². The van der Waals surface area contributed by atoms with E-state index in [1.54, 1.807) is 44.2 Å². The molecule has 1 fully saturated rings. The van der Waals surface area contributed by atoms with Crippen molar-refractivity contribution in [2.45, 2.75) is 26.6 Å². The van der Waals surface area contributed by atoms with Crippen LogP contribution in [-0.4, -0.2) is 12.1 Å². The largest absolute Gasteiger partial charge is 0.460 e. The SMILES string of the molecule is CC1(C)C(C=C(Cl)C(F)(F)F)C1C(=O)OCc1c(F)ccc(-c2ccccc2)c1F. The first kappa shape index (κ1) is 22.3. The number of allylic oxidation sites excluding steroid dienone is 2. The molecule has 2 atom stereocenters. The molecule has 1 aliphatic rings. The molecular formula is C22H18ClF5O2. The summed E-state index contributed by atoms with van der Waals surface area (Å²) in [5.74, 6) is -4.26. The quantitative estimate of drug-likeness (QED) is 0.382. The Labute approximate surface area is 175 Å². The van der Waals surface area contributed by atoms with Gasteiger partial charge >= 0.3 is 12.1 Å². The minimum atomic E-state index is -4.71. The highest BCUT2D eigenvalue weighted by Gasteiger charge is 2.62. The maximum atomic E-state index is 14.8. The Bertz CT molecular complexity index is 983. The summed E-state index contributed by atoms with van der Waals surface area (Å²) in [6, 6.07) is 10.8. The molecule has 0 aliphatic heterocycles. The molecule has 0 bridgehead atoms. The molecule has 2 unspecified atom stereocenters. The zero-order valence-electron chi connectivity index (χ0n) is 16.1. The Morgan fingerprint density at radius 3 is 2.37 bits per heavy atom. The molecule has 0 heterocycles. The van der Waals surface area contributed by atoms with Crippen LogP contribution in [0.4, 0.5) is 22.0 Å². The van der Waals surface area contributed by atoms with Crippen LogP contribution in [-0.2, 0) is 16.1 Å². The number of halogens is 6. The van der Waals surface area contributed by atoms with E-state index in [-0.39, 0.29) is 5.56 Å². The minimum Gasteiger partial charge on any atom is -0.460 e. The summed E-state index contributed by atoms with van der Waals surface area (Å²) in [6.45, 7) is 2.52. The highest BCUT2D eigenvalue weighted by molar-refractivity contribution is 6.30. The van der Waals surface area contributed by atoms with Crippen molar-refractivity contribution in [1.82, 2.24) is 0 Å². The van der Waals surface area contributed by atoms with Gasteiger partial charge in [0.1, 0.15) is 23.3 Å². The number of hydrogen-bond acceptors (Lipinski definition) is 2. The van der Waals surface area contributed by atoms with Crippen LogP contribution in [0.5, 0.6) is 0 Å². The zero-order valence-corrected chi connectivity index (χ0v) is 16.8. The van der Waals surface area contributed by atoms with Gasteiger partial charge in [0, 0.05) is 5.56 Å². The van der Waals surface area contributed by atoms with Crippen molar-refractivity contribution in [3.8, 4) is 11.1 Å². The monoisotopic (exact) mass is 444 g/mol. The molecule has 0 amide bonds. The van der Waals surface area contributed by atoms with Gasteiger partial charge in [0.2, 0.25) is 0 Å². The van der Waals surface area contributed by atoms with E-state index < -0.39 is 58.2 Å². The van der Waals surface area contributed by atoms with E-state index >= 15 is 0 Å². The van der Waals surface area contributed by atoms with Crippen molar-refractivity contribution in [3.05, 3.63) is 70.8 Å². The summed E-state index contributed by atoms with van der Waals surface area (Å²) in [5, 5.41) is -1.32. The lowest BCUT2D eigenvalue weighted by molar-refractivity contribution is -0.147. The number of ether oxygens (including phenoxy) is 1. The highest BCUT2D eigenvalue weighted by atomic mass is 35.5. The van der Waals surface area contributed by atoms with E-state index in [1.165, 1.54) is 6.07 Å². The van der Waals surface area contributed by atoms with E-state index in [2.05, 4.69) is 0 Å². The van der Waals surface area contributed by atoms with Crippen LogP contribution in [0.1, 0.15) is 19.4 Å². The predicted molar refractivity (Wildman–Crippen MR) is 102 cm³/mol.